The van der Waals surface area contributed by atoms with Crippen LogP contribution in [0.1, 0.15) is 58.8 Å². The van der Waals surface area contributed by atoms with E-state index in [0.717, 1.165) is 0 Å². The zero-order chi connectivity index (χ0) is 25.1. The van der Waals surface area contributed by atoms with Crippen molar-refractivity contribution < 1.29 is 29.1 Å². The van der Waals surface area contributed by atoms with Crippen LogP contribution >= 0.6 is 0 Å². The van der Waals surface area contributed by atoms with E-state index in [1.807, 2.05) is 0 Å². The Morgan fingerprint density at radius 3 is 2.27 bits per heavy atom. The van der Waals surface area contributed by atoms with Crippen LogP contribution in [0, 0.1) is 5.92 Å². The highest BCUT2D eigenvalue weighted by Gasteiger charge is 2.39. The van der Waals surface area contributed by atoms with Gasteiger partial charge in [0, 0.05) is 13.0 Å². The van der Waals surface area contributed by atoms with Gasteiger partial charge in [-0.2, -0.15) is 0 Å². The van der Waals surface area contributed by atoms with Gasteiger partial charge in [0.15, 0.2) is 0 Å². The number of hydrogen-bond acceptors (Lipinski definition) is 7. The Morgan fingerprint density at radius 1 is 1.06 bits per heavy atom. The van der Waals surface area contributed by atoms with Crippen molar-refractivity contribution in [3.8, 4) is 0 Å². The molecule has 12 nitrogen and oxygen atoms in total. The molecule has 33 heavy (non-hydrogen) atoms. The molecule has 1 rings (SSSR count). The minimum absolute atomic E-state index is 0.0353. The van der Waals surface area contributed by atoms with Gasteiger partial charge in [0.2, 0.25) is 23.6 Å². The molecule has 0 radical (unpaired) electrons. The number of likely N-dealkylation sites (tertiary alicyclic amines) is 1. The summed E-state index contributed by atoms with van der Waals surface area (Å²) in [6, 6.07) is -3.89. The molecule has 0 aliphatic carbocycles. The largest absolute Gasteiger partial charge is 0.480 e. The Morgan fingerprint density at radius 2 is 1.73 bits per heavy atom. The van der Waals surface area contributed by atoms with Crippen molar-refractivity contribution >= 4 is 29.6 Å². The normalized spacial score (nSPS) is 18.5. The number of primary amides is 1. The summed E-state index contributed by atoms with van der Waals surface area (Å²) in [4.78, 5) is 62.6. The number of unbranched alkanes of at least 4 members (excludes halogenated alkanes) is 1. The molecule has 4 unspecified atom stereocenters. The smallest absolute Gasteiger partial charge is 0.326 e. The van der Waals surface area contributed by atoms with Gasteiger partial charge in [0.1, 0.15) is 18.1 Å². The lowest BCUT2D eigenvalue weighted by molar-refractivity contribution is -0.145. The first-order valence-corrected chi connectivity index (χ1v) is 11.4. The Labute approximate surface area is 194 Å². The zero-order valence-corrected chi connectivity index (χ0v) is 19.4. The second-order valence-corrected chi connectivity index (χ2v) is 8.71. The molecule has 1 heterocycles. The predicted octanol–water partition coefficient (Wildman–Crippen LogP) is -1.59. The van der Waals surface area contributed by atoms with Crippen molar-refractivity contribution in [2.75, 3.05) is 13.1 Å². The molecule has 4 atom stereocenters. The number of carboxylic acid groups (broad SMARTS) is 1. The predicted molar refractivity (Wildman–Crippen MR) is 120 cm³/mol. The lowest BCUT2D eigenvalue weighted by Gasteiger charge is -2.30. The topological polar surface area (TPSA) is 211 Å². The van der Waals surface area contributed by atoms with Crippen LogP contribution in [0.3, 0.4) is 0 Å². The van der Waals surface area contributed by atoms with E-state index in [2.05, 4.69) is 10.6 Å². The van der Waals surface area contributed by atoms with Crippen molar-refractivity contribution in [3.63, 3.8) is 0 Å². The number of nitrogens with one attached hydrogen (secondary N) is 2. The van der Waals surface area contributed by atoms with Gasteiger partial charge in [-0.25, -0.2) is 4.79 Å². The van der Waals surface area contributed by atoms with Crippen molar-refractivity contribution in [1.82, 2.24) is 15.5 Å². The Bertz CT molecular complexity index is 715. The van der Waals surface area contributed by atoms with Gasteiger partial charge in [0.05, 0.1) is 6.04 Å². The van der Waals surface area contributed by atoms with E-state index in [0.29, 0.717) is 32.2 Å². The molecule has 0 aromatic rings. The molecule has 4 amide bonds. The minimum atomic E-state index is -1.16. The molecule has 1 saturated heterocycles. The van der Waals surface area contributed by atoms with Crippen LogP contribution in [0.15, 0.2) is 0 Å². The number of amides is 4. The number of nitrogens with two attached hydrogens (primary N) is 3. The Hall–Kier alpha value is -2.73. The molecule has 1 fully saturated rings. The fraction of sp³-hybridized carbons (Fsp3) is 0.762. The quantitative estimate of drug-likeness (QED) is 0.162. The number of carbonyl (C=O) groups is 5. The molecular formula is C21H38N6O6. The third-order valence-electron chi connectivity index (χ3n) is 5.72. The summed E-state index contributed by atoms with van der Waals surface area (Å²) in [6.45, 7) is 4.21. The second kappa shape index (κ2) is 13.7. The van der Waals surface area contributed by atoms with E-state index >= 15 is 0 Å². The van der Waals surface area contributed by atoms with Gasteiger partial charge in [-0.1, -0.05) is 13.8 Å². The zero-order valence-electron chi connectivity index (χ0n) is 19.4. The van der Waals surface area contributed by atoms with E-state index < -0.39 is 53.8 Å². The average Bonchev–Trinajstić information content (AvgIpc) is 3.24. The fourth-order valence-electron chi connectivity index (χ4n) is 3.64. The number of nitrogens with zero attached hydrogens (tertiary/aromatic N) is 1. The SMILES string of the molecule is CC(C)C(N)C(=O)NC(CCC(N)=O)C(=O)N1CCCC1C(=O)NC(CCCCN)C(=O)O. The monoisotopic (exact) mass is 470 g/mol. The van der Waals surface area contributed by atoms with Crippen molar-refractivity contribution in [2.45, 2.75) is 83.0 Å². The maximum atomic E-state index is 13.2. The molecule has 188 valence electrons. The van der Waals surface area contributed by atoms with E-state index in [4.69, 9.17) is 17.2 Å². The maximum absolute atomic E-state index is 13.2. The maximum Gasteiger partial charge on any atom is 0.326 e. The number of hydrogen-bond donors (Lipinski definition) is 6. The minimum Gasteiger partial charge on any atom is -0.480 e. The summed E-state index contributed by atoms with van der Waals surface area (Å²) < 4.78 is 0. The van der Waals surface area contributed by atoms with E-state index in [1.54, 1.807) is 13.8 Å². The molecule has 0 bridgehead atoms. The third kappa shape index (κ3) is 8.97. The lowest BCUT2D eigenvalue weighted by Crippen LogP contribution is -2.57. The highest BCUT2D eigenvalue weighted by molar-refractivity contribution is 5.94. The number of rotatable bonds is 14. The standard InChI is InChI=1S/C21H38N6O6/c1-12(2)17(24)19(30)25-13(8-9-16(23)28)20(31)27-11-5-7-15(27)18(29)26-14(21(32)33)6-3-4-10-22/h12-15,17H,3-11,22,24H2,1-2H3,(H2,23,28)(H,25,30)(H,26,29)(H,32,33). The first-order valence-electron chi connectivity index (χ1n) is 11.4. The van der Waals surface area contributed by atoms with Crippen LogP contribution < -0.4 is 27.8 Å². The van der Waals surface area contributed by atoms with Crippen molar-refractivity contribution in [3.05, 3.63) is 0 Å². The van der Waals surface area contributed by atoms with Gasteiger partial charge in [-0.05, 0) is 51.0 Å². The average molecular weight is 471 g/mol. The molecule has 0 aromatic carbocycles. The van der Waals surface area contributed by atoms with Gasteiger partial charge >= 0.3 is 5.97 Å². The summed E-state index contributed by atoms with van der Waals surface area (Å²) in [7, 11) is 0. The Kier molecular flexibility index (Phi) is 11.8. The summed E-state index contributed by atoms with van der Waals surface area (Å²) in [5.74, 6) is -3.61. The first kappa shape index (κ1) is 28.3. The molecule has 0 spiro atoms. The van der Waals surface area contributed by atoms with Crippen LogP contribution in [0.5, 0.6) is 0 Å². The summed E-state index contributed by atoms with van der Waals surface area (Å²) in [6.07, 6.45) is 2.12. The third-order valence-corrected chi connectivity index (χ3v) is 5.72. The molecule has 1 aliphatic rings. The fourth-order valence-corrected chi connectivity index (χ4v) is 3.64. The van der Waals surface area contributed by atoms with Crippen LogP contribution in [0.2, 0.25) is 0 Å². The van der Waals surface area contributed by atoms with Gasteiger partial charge in [-0.3, -0.25) is 19.2 Å². The molecule has 0 aromatic heterocycles. The van der Waals surface area contributed by atoms with E-state index in [9.17, 15) is 29.1 Å². The molecule has 9 N–H and O–H groups in total. The van der Waals surface area contributed by atoms with Crippen LogP contribution in [0.4, 0.5) is 0 Å². The van der Waals surface area contributed by atoms with Crippen LogP contribution in [0.25, 0.3) is 0 Å². The van der Waals surface area contributed by atoms with Gasteiger partial charge in [0.25, 0.3) is 0 Å². The molecule has 12 heteroatoms. The second-order valence-electron chi connectivity index (χ2n) is 8.71. The van der Waals surface area contributed by atoms with Crippen LogP contribution in [-0.2, 0) is 24.0 Å². The summed E-state index contributed by atoms with van der Waals surface area (Å²) >= 11 is 0. The number of aliphatic carboxylic acids is 1. The Balaban J connectivity index is 2.94. The molecular weight excluding hydrogens is 432 g/mol. The summed E-state index contributed by atoms with van der Waals surface area (Å²) in [5, 5.41) is 14.5. The number of carbonyl (C=O) groups excluding carboxylic acids is 4. The van der Waals surface area contributed by atoms with Gasteiger partial charge < -0.3 is 37.8 Å². The molecule has 0 saturated carbocycles. The lowest BCUT2D eigenvalue weighted by atomic mass is 10.0. The first-order chi connectivity index (χ1) is 15.5. The highest BCUT2D eigenvalue weighted by Crippen LogP contribution is 2.20. The van der Waals surface area contributed by atoms with Crippen molar-refractivity contribution in [1.29, 1.82) is 0 Å². The van der Waals surface area contributed by atoms with Crippen molar-refractivity contribution in [2.24, 2.45) is 23.1 Å². The van der Waals surface area contributed by atoms with E-state index in [1.165, 1.54) is 4.90 Å². The molecule has 1 aliphatic heterocycles. The summed E-state index contributed by atoms with van der Waals surface area (Å²) in [5.41, 5.74) is 16.5. The van der Waals surface area contributed by atoms with Gasteiger partial charge in [-0.15, -0.1) is 0 Å². The van der Waals surface area contributed by atoms with E-state index in [-0.39, 0.29) is 31.7 Å². The number of carboxylic acids is 1. The van der Waals surface area contributed by atoms with Crippen LogP contribution in [-0.4, -0.2) is 76.9 Å². The highest BCUT2D eigenvalue weighted by atomic mass is 16.4.